The van der Waals surface area contributed by atoms with Crippen LogP contribution in [0, 0.1) is 6.92 Å². The van der Waals surface area contributed by atoms with Crippen molar-refractivity contribution in [2.45, 2.75) is 50.6 Å². The first-order valence-corrected chi connectivity index (χ1v) is 13.8. The number of carbonyl (C=O) groups excluding carboxylic acids is 1. The van der Waals surface area contributed by atoms with E-state index in [1.807, 2.05) is 37.5 Å². The third-order valence-electron chi connectivity index (χ3n) is 6.70. The Morgan fingerprint density at radius 3 is 2.44 bits per heavy atom. The molecule has 0 aliphatic carbocycles. The van der Waals surface area contributed by atoms with Crippen LogP contribution in [0.1, 0.15) is 64.8 Å². The lowest BCUT2D eigenvalue weighted by Gasteiger charge is -2.34. The Labute approximate surface area is 212 Å². The molecule has 0 bridgehead atoms. The number of amides is 1. The van der Waals surface area contributed by atoms with Gasteiger partial charge in [0.25, 0.3) is 5.91 Å². The zero-order valence-corrected chi connectivity index (χ0v) is 21.6. The summed E-state index contributed by atoms with van der Waals surface area (Å²) < 4.78 is 24.1. The molecule has 2 atom stereocenters. The van der Waals surface area contributed by atoms with Gasteiger partial charge >= 0.3 is 0 Å². The lowest BCUT2D eigenvalue weighted by atomic mass is 9.87. The van der Waals surface area contributed by atoms with Crippen LogP contribution in [0.15, 0.2) is 59.8 Å². The first-order valence-electron chi connectivity index (χ1n) is 12.2. The molecule has 0 fully saturated rings. The van der Waals surface area contributed by atoms with Crippen molar-refractivity contribution in [1.29, 1.82) is 0 Å². The van der Waals surface area contributed by atoms with Crippen LogP contribution in [0.2, 0.25) is 0 Å². The minimum absolute atomic E-state index is 0.0111. The minimum atomic E-state index is -3.32. The Kier molecular flexibility index (Phi) is 7.70. The highest BCUT2D eigenvalue weighted by atomic mass is 32.2. The van der Waals surface area contributed by atoms with Gasteiger partial charge in [-0.3, -0.25) is 4.79 Å². The number of rotatable bonds is 8. The number of benzene rings is 2. The van der Waals surface area contributed by atoms with Crippen LogP contribution in [0.3, 0.4) is 0 Å². The first-order chi connectivity index (χ1) is 17.2. The van der Waals surface area contributed by atoms with Crippen LogP contribution >= 0.6 is 0 Å². The third-order valence-corrected chi connectivity index (χ3v) is 8.45. The predicted molar refractivity (Wildman–Crippen MR) is 139 cm³/mol. The topological polar surface area (TPSA) is 112 Å². The molecule has 2 heterocycles. The van der Waals surface area contributed by atoms with E-state index in [4.69, 9.17) is 0 Å². The number of carbonyl (C=O) groups is 1. The Morgan fingerprint density at radius 2 is 1.83 bits per heavy atom. The fourth-order valence-corrected chi connectivity index (χ4v) is 5.40. The number of fused-ring (bicyclic) bond motifs is 1. The number of hydrogen-bond donors (Lipinski definition) is 2. The smallest absolute Gasteiger partial charge is 0.251 e. The van der Waals surface area contributed by atoms with Crippen LogP contribution in [-0.2, 0) is 16.4 Å². The average Bonchev–Trinajstić information content (AvgIpc) is 2.91. The SMILES string of the molecule is CC[C@@H]1CN(c2ncc(C)cn2)Cc2cc(C(=O)N[C@@H](CO)c3ccc(S(=O)(=O)CC)cc3)ccc21. The highest BCUT2D eigenvalue weighted by molar-refractivity contribution is 7.91. The zero-order chi connectivity index (χ0) is 25.9. The number of anilines is 1. The molecule has 1 aliphatic heterocycles. The predicted octanol–water partition coefficient (Wildman–Crippen LogP) is 3.56. The van der Waals surface area contributed by atoms with Crippen molar-refractivity contribution in [3.05, 3.63) is 82.7 Å². The van der Waals surface area contributed by atoms with Crippen molar-refractivity contribution in [2.75, 3.05) is 23.8 Å². The number of nitrogens with one attached hydrogen (secondary N) is 1. The van der Waals surface area contributed by atoms with Gasteiger partial charge in [0.15, 0.2) is 9.84 Å². The highest BCUT2D eigenvalue weighted by Crippen LogP contribution is 2.33. The summed E-state index contributed by atoms with van der Waals surface area (Å²) in [4.78, 5) is 24.5. The van der Waals surface area contributed by atoms with Gasteiger partial charge in [-0.15, -0.1) is 0 Å². The number of hydrogen-bond acceptors (Lipinski definition) is 7. The molecule has 1 aliphatic rings. The lowest BCUT2D eigenvalue weighted by Crippen LogP contribution is -2.35. The maximum atomic E-state index is 13.1. The molecular formula is C27H32N4O4S. The standard InChI is InChI=1S/C27H32N4O4S/c1-4-19-15-31(27-28-13-18(3)14-29-27)16-22-12-21(8-11-24(19)22)26(33)30-25(17-32)20-6-9-23(10-7-20)36(34,35)5-2/h6-14,19,25,32H,4-5,15-17H2,1-3H3,(H,30,33)/t19-,25+/m1/s1. The summed E-state index contributed by atoms with van der Waals surface area (Å²) in [5.41, 5.74) is 4.41. The number of nitrogens with zero attached hydrogens (tertiary/aromatic N) is 3. The Balaban J connectivity index is 1.54. The molecule has 3 aromatic rings. The Bertz CT molecular complexity index is 1320. The lowest BCUT2D eigenvalue weighted by molar-refractivity contribution is 0.0916. The number of aryl methyl sites for hydroxylation is 1. The first kappa shape index (κ1) is 25.8. The number of aliphatic hydroxyl groups is 1. The maximum absolute atomic E-state index is 13.1. The second-order valence-electron chi connectivity index (χ2n) is 9.14. The van der Waals surface area contributed by atoms with Crippen LogP contribution in [0.4, 0.5) is 5.95 Å². The van der Waals surface area contributed by atoms with E-state index in [0.717, 1.165) is 24.1 Å². The fraction of sp³-hybridized carbons (Fsp3) is 0.370. The summed E-state index contributed by atoms with van der Waals surface area (Å²) in [7, 11) is -3.32. The molecule has 0 saturated heterocycles. The monoisotopic (exact) mass is 508 g/mol. The van der Waals surface area contributed by atoms with Crippen molar-refractivity contribution in [3.63, 3.8) is 0 Å². The Hall–Kier alpha value is -3.30. The molecule has 0 spiro atoms. The van der Waals surface area contributed by atoms with Crippen molar-refractivity contribution >= 4 is 21.7 Å². The van der Waals surface area contributed by atoms with E-state index in [9.17, 15) is 18.3 Å². The normalized spacial score (nSPS) is 16.3. The second-order valence-corrected chi connectivity index (χ2v) is 11.4. The van der Waals surface area contributed by atoms with Crippen LogP contribution < -0.4 is 10.2 Å². The third kappa shape index (κ3) is 5.42. The quantitative estimate of drug-likeness (QED) is 0.478. The zero-order valence-electron chi connectivity index (χ0n) is 20.8. The minimum Gasteiger partial charge on any atom is -0.394 e. The molecular weight excluding hydrogens is 476 g/mol. The molecule has 1 aromatic heterocycles. The molecule has 8 nitrogen and oxygen atoms in total. The fourth-order valence-electron chi connectivity index (χ4n) is 4.52. The molecule has 9 heteroatoms. The molecule has 4 rings (SSSR count). The van der Waals surface area contributed by atoms with Crippen LogP contribution in [-0.4, -0.2) is 48.3 Å². The summed E-state index contributed by atoms with van der Waals surface area (Å²) in [5, 5.41) is 12.8. The van der Waals surface area contributed by atoms with Gasteiger partial charge in [0.2, 0.25) is 5.95 Å². The van der Waals surface area contributed by atoms with E-state index >= 15 is 0 Å². The Morgan fingerprint density at radius 1 is 1.14 bits per heavy atom. The van der Waals surface area contributed by atoms with Gasteiger partial charge in [-0.1, -0.05) is 32.0 Å². The van der Waals surface area contributed by atoms with E-state index in [1.54, 1.807) is 19.1 Å². The summed E-state index contributed by atoms with van der Waals surface area (Å²) in [6.07, 6.45) is 4.57. The van der Waals surface area contributed by atoms with Crippen LogP contribution in [0.5, 0.6) is 0 Å². The molecule has 0 radical (unpaired) electrons. The van der Waals surface area contributed by atoms with E-state index in [1.165, 1.54) is 17.7 Å². The summed E-state index contributed by atoms with van der Waals surface area (Å²) in [5.74, 6) is 0.683. The van der Waals surface area contributed by atoms with Gasteiger partial charge in [-0.05, 0) is 59.9 Å². The summed E-state index contributed by atoms with van der Waals surface area (Å²) in [6.45, 7) is 6.80. The molecule has 2 N–H and O–H groups in total. The molecule has 2 aromatic carbocycles. The molecule has 0 unspecified atom stereocenters. The van der Waals surface area contributed by atoms with E-state index in [2.05, 4.69) is 27.1 Å². The maximum Gasteiger partial charge on any atom is 0.251 e. The van der Waals surface area contributed by atoms with Gasteiger partial charge in [-0.2, -0.15) is 0 Å². The molecule has 0 saturated carbocycles. The number of sulfone groups is 1. The van der Waals surface area contributed by atoms with E-state index in [-0.39, 0.29) is 23.2 Å². The molecule has 36 heavy (non-hydrogen) atoms. The average molecular weight is 509 g/mol. The highest BCUT2D eigenvalue weighted by Gasteiger charge is 2.27. The van der Waals surface area contributed by atoms with E-state index in [0.29, 0.717) is 29.5 Å². The molecule has 190 valence electrons. The second kappa shape index (κ2) is 10.8. The largest absolute Gasteiger partial charge is 0.394 e. The summed E-state index contributed by atoms with van der Waals surface area (Å²) in [6, 6.07) is 11.4. The number of aliphatic hydroxyl groups excluding tert-OH is 1. The van der Waals surface area contributed by atoms with Gasteiger partial charge < -0.3 is 15.3 Å². The van der Waals surface area contributed by atoms with Crippen molar-refractivity contribution < 1.29 is 18.3 Å². The van der Waals surface area contributed by atoms with Crippen molar-refractivity contribution in [2.24, 2.45) is 0 Å². The van der Waals surface area contributed by atoms with Gasteiger partial charge in [0.1, 0.15) is 0 Å². The number of aromatic nitrogens is 2. The van der Waals surface area contributed by atoms with Crippen molar-refractivity contribution in [1.82, 2.24) is 15.3 Å². The van der Waals surface area contributed by atoms with Gasteiger partial charge in [0, 0.05) is 37.0 Å². The van der Waals surface area contributed by atoms with Crippen LogP contribution in [0.25, 0.3) is 0 Å². The summed E-state index contributed by atoms with van der Waals surface area (Å²) >= 11 is 0. The van der Waals surface area contributed by atoms with Crippen molar-refractivity contribution in [3.8, 4) is 0 Å². The van der Waals surface area contributed by atoms with Gasteiger partial charge in [0.05, 0.1) is 23.3 Å². The molecule has 1 amide bonds. The van der Waals surface area contributed by atoms with E-state index < -0.39 is 15.9 Å². The van der Waals surface area contributed by atoms with Gasteiger partial charge in [-0.25, -0.2) is 18.4 Å².